The normalized spacial score (nSPS) is 25.2. The molecule has 0 saturated carbocycles. The van der Waals surface area contributed by atoms with Crippen molar-refractivity contribution in [1.82, 2.24) is 4.90 Å². The van der Waals surface area contributed by atoms with Gasteiger partial charge in [-0.3, -0.25) is 9.59 Å². The van der Waals surface area contributed by atoms with Crippen LogP contribution in [0.15, 0.2) is 40.9 Å². The molecule has 3 rings (SSSR count). The Morgan fingerprint density at radius 3 is 2.38 bits per heavy atom. The lowest BCUT2D eigenvalue weighted by Crippen LogP contribution is -2.55. The van der Waals surface area contributed by atoms with Gasteiger partial charge >= 0.3 is 6.09 Å². The van der Waals surface area contributed by atoms with E-state index in [9.17, 15) is 19.5 Å². The molecule has 1 fully saturated rings. The van der Waals surface area contributed by atoms with Crippen LogP contribution in [0.2, 0.25) is 0 Å². The molecule has 2 aliphatic heterocycles. The molecule has 40 heavy (non-hydrogen) atoms. The summed E-state index contributed by atoms with van der Waals surface area (Å²) < 4.78 is 22.4. The minimum absolute atomic E-state index is 0.0623. The average Bonchev–Trinajstić information content (AvgIpc) is 3.15. The minimum Gasteiger partial charge on any atom is -0.441 e. The molecule has 11 heteroatoms. The number of amides is 2. The van der Waals surface area contributed by atoms with Crippen LogP contribution in [-0.4, -0.2) is 89.5 Å². The lowest BCUT2D eigenvalue weighted by molar-refractivity contribution is -0.219. The largest absolute Gasteiger partial charge is 0.441 e. The predicted molar refractivity (Wildman–Crippen MR) is 149 cm³/mol. The molecule has 2 aliphatic rings. The first kappa shape index (κ1) is 32.4. The summed E-state index contributed by atoms with van der Waals surface area (Å²) in [5.74, 6) is -4.15. The van der Waals surface area contributed by atoms with Gasteiger partial charge in [0, 0.05) is 13.0 Å². The second-order valence-corrected chi connectivity index (χ2v) is 11.8. The van der Waals surface area contributed by atoms with E-state index in [2.05, 4.69) is 15.9 Å². The van der Waals surface area contributed by atoms with Crippen LogP contribution >= 0.6 is 15.9 Å². The summed E-state index contributed by atoms with van der Waals surface area (Å²) in [6.07, 6.45) is -0.262. The van der Waals surface area contributed by atoms with Crippen molar-refractivity contribution < 1.29 is 43.5 Å². The van der Waals surface area contributed by atoms with E-state index in [1.165, 1.54) is 6.08 Å². The quantitative estimate of drug-likeness (QED) is 0.299. The van der Waals surface area contributed by atoms with Crippen molar-refractivity contribution in [2.75, 3.05) is 33.0 Å². The van der Waals surface area contributed by atoms with Gasteiger partial charge in [0.25, 0.3) is 0 Å². The number of hydrogen-bond donors (Lipinski definition) is 2. The number of cyclic esters (lactones) is 1. The SMILES string of the molecule is CC(C)C1N(C(=O)C(Cc2ccccc2)C2OC(O)(CCCOCCOCCO)C(Br)=CC2=O)C(=O)OC1(C)C. The highest BCUT2D eigenvalue weighted by atomic mass is 79.9. The first-order valence-corrected chi connectivity index (χ1v) is 14.4. The van der Waals surface area contributed by atoms with Gasteiger partial charge in [-0.15, -0.1) is 0 Å². The van der Waals surface area contributed by atoms with Gasteiger partial charge in [-0.1, -0.05) is 44.2 Å². The van der Waals surface area contributed by atoms with Crippen LogP contribution < -0.4 is 0 Å². The lowest BCUT2D eigenvalue weighted by Gasteiger charge is -2.39. The third-order valence-electron chi connectivity index (χ3n) is 7.04. The van der Waals surface area contributed by atoms with Crippen LogP contribution in [0.5, 0.6) is 0 Å². The molecular formula is C29H40BrNO9. The zero-order valence-electron chi connectivity index (χ0n) is 23.5. The number of ketones is 1. The third-order valence-corrected chi connectivity index (χ3v) is 7.89. The Kier molecular flexibility index (Phi) is 11.5. The highest BCUT2D eigenvalue weighted by Crippen LogP contribution is 2.40. The number of rotatable bonds is 14. The molecular weight excluding hydrogens is 586 g/mol. The maximum Gasteiger partial charge on any atom is 0.417 e. The number of benzene rings is 1. The Labute approximate surface area is 243 Å². The topological polar surface area (TPSA) is 132 Å². The average molecular weight is 627 g/mol. The molecule has 2 N–H and O–H groups in total. The van der Waals surface area contributed by atoms with Crippen LogP contribution in [0.4, 0.5) is 4.79 Å². The highest BCUT2D eigenvalue weighted by Gasteiger charge is 2.55. The number of halogens is 1. The van der Waals surface area contributed by atoms with Gasteiger partial charge in [0.05, 0.1) is 42.9 Å². The Bertz CT molecular complexity index is 1060. The molecule has 0 radical (unpaired) electrons. The summed E-state index contributed by atoms with van der Waals surface area (Å²) in [6, 6.07) is 8.61. The summed E-state index contributed by atoms with van der Waals surface area (Å²) in [4.78, 5) is 41.5. The minimum atomic E-state index is -1.87. The molecule has 0 spiro atoms. The molecule has 1 aromatic carbocycles. The van der Waals surface area contributed by atoms with Crippen molar-refractivity contribution in [2.45, 2.75) is 70.5 Å². The molecule has 4 atom stereocenters. The predicted octanol–water partition coefficient (Wildman–Crippen LogP) is 3.37. The molecule has 0 aliphatic carbocycles. The van der Waals surface area contributed by atoms with Crippen molar-refractivity contribution in [3.63, 3.8) is 0 Å². The number of carbonyl (C=O) groups excluding carboxylic acids is 3. The van der Waals surface area contributed by atoms with Gasteiger partial charge in [-0.2, -0.15) is 0 Å². The molecule has 2 heterocycles. The Morgan fingerprint density at radius 2 is 1.75 bits per heavy atom. The lowest BCUT2D eigenvalue weighted by atomic mass is 9.85. The number of hydrogen-bond acceptors (Lipinski definition) is 9. The maximum absolute atomic E-state index is 14.1. The smallest absolute Gasteiger partial charge is 0.417 e. The van der Waals surface area contributed by atoms with Gasteiger partial charge < -0.3 is 29.2 Å². The highest BCUT2D eigenvalue weighted by molar-refractivity contribution is 9.11. The first-order chi connectivity index (χ1) is 18.9. The second-order valence-electron chi connectivity index (χ2n) is 10.9. The van der Waals surface area contributed by atoms with Crippen molar-refractivity contribution in [2.24, 2.45) is 11.8 Å². The number of aliphatic hydroxyl groups is 2. The van der Waals surface area contributed by atoms with Gasteiger partial charge in [-0.25, -0.2) is 9.69 Å². The van der Waals surface area contributed by atoms with E-state index in [-0.39, 0.29) is 36.5 Å². The van der Waals surface area contributed by atoms with Crippen LogP contribution in [0, 0.1) is 11.8 Å². The van der Waals surface area contributed by atoms with E-state index in [0.29, 0.717) is 26.2 Å². The van der Waals surface area contributed by atoms with Crippen LogP contribution in [0.25, 0.3) is 0 Å². The van der Waals surface area contributed by atoms with Crippen molar-refractivity contribution in [3.8, 4) is 0 Å². The van der Waals surface area contributed by atoms with Gasteiger partial charge in [-0.05, 0) is 60.2 Å². The second kappa shape index (κ2) is 14.2. The fourth-order valence-electron chi connectivity index (χ4n) is 5.36. The van der Waals surface area contributed by atoms with Crippen molar-refractivity contribution in [1.29, 1.82) is 0 Å². The summed E-state index contributed by atoms with van der Waals surface area (Å²) >= 11 is 3.27. The van der Waals surface area contributed by atoms with Gasteiger partial charge in [0.15, 0.2) is 11.6 Å². The number of imide groups is 1. The Balaban J connectivity index is 1.83. The third kappa shape index (κ3) is 7.77. The molecule has 1 aromatic rings. The number of ether oxygens (including phenoxy) is 4. The Morgan fingerprint density at radius 1 is 1.10 bits per heavy atom. The molecule has 1 saturated heterocycles. The zero-order chi connectivity index (χ0) is 29.5. The Hall–Kier alpha value is -2.15. The monoisotopic (exact) mass is 625 g/mol. The maximum atomic E-state index is 14.1. The van der Waals surface area contributed by atoms with Gasteiger partial charge in [0.1, 0.15) is 11.7 Å². The van der Waals surface area contributed by atoms with Crippen molar-refractivity contribution in [3.05, 3.63) is 46.5 Å². The molecule has 222 valence electrons. The summed E-state index contributed by atoms with van der Waals surface area (Å²) in [7, 11) is 0. The van der Waals surface area contributed by atoms with Crippen molar-refractivity contribution >= 4 is 33.7 Å². The molecule has 0 bridgehead atoms. The fourth-order valence-corrected chi connectivity index (χ4v) is 5.88. The number of nitrogens with zero attached hydrogens (tertiary/aromatic N) is 1. The van der Waals surface area contributed by atoms with E-state index in [1.807, 2.05) is 44.2 Å². The summed E-state index contributed by atoms with van der Waals surface area (Å²) in [6.45, 7) is 8.45. The molecule has 10 nitrogen and oxygen atoms in total. The van der Waals surface area contributed by atoms with Crippen LogP contribution in [-0.2, 0) is 35.0 Å². The molecule has 2 amide bonds. The van der Waals surface area contributed by atoms with E-state index >= 15 is 0 Å². The van der Waals surface area contributed by atoms with Crippen LogP contribution in [0.1, 0.15) is 46.1 Å². The van der Waals surface area contributed by atoms with E-state index in [0.717, 1.165) is 10.5 Å². The van der Waals surface area contributed by atoms with E-state index < -0.39 is 47.2 Å². The standard InChI is InChI=1S/C29H40BrNO9/c1-19(2)25-28(3,4)40-27(35)31(25)26(34)21(17-20-9-6-5-7-10-20)24-22(33)18-23(30)29(36,39-24)11-8-13-37-15-16-38-14-12-32/h5-7,9-10,18-19,21,24-25,32,36H,8,11-17H2,1-4H3. The van der Waals surface area contributed by atoms with E-state index in [1.54, 1.807) is 13.8 Å². The molecule has 4 unspecified atom stereocenters. The van der Waals surface area contributed by atoms with Gasteiger partial charge in [0.2, 0.25) is 5.91 Å². The number of aliphatic hydroxyl groups excluding tert-OH is 1. The summed E-state index contributed by atoms with van der Waals surface area (Å²) in [5.41, 5.74) is -0.137. The molecule has 0 aromatic heterocycles. The fraction of sp³-hybridized carbons (Fsp3) is 0.621. The van der Waals surface area contributed by atoms with E-state index in [4.69, 9.17) is 24.1 Å². The summed E-state index contributed by atoms with van der Waals surface area (Å²) in [5, 5.41) is 20.2. The first-order valence-electron chi connectivity index (χ1n) is 13.6. The van der Waals surface area contributed by atoms with Crippen LogP contribution in [0.3, 0.4) is 0 Å². The zero-order valence-corrected chi connectivity index (χ0v) is 25.1. The number of carbonyl (C=O) groups is 3.